The Labute approximate surface area is 179 Å². The van der Waals surface area contributed by atoms with Gasteiger partial charge >= 0.3 is 0 Å². The molecule has 0 unspecified atom stereocenters. The smallest absolute Gasteiger partial charge is 0.223 e. The highest BCUT2D eigenvalue weighted by Crippen LogP contribution is 2.32. The van der Waals surface area contributed by atoms with Crippen molar-refractivity contribution < 1.29 is 14.3 Å². The van der Waals surface area contributed by atoms with Crippen LogP contribution in [0.5, 0.6) is 5.88 Å². The Kier molecular flexibility index (Phi) is 6.40. The molecule has 0 fully saturated rings. The second kappa shape index (κ2) is 8.80. The van der Waals surface area contributed by atoms with E-state index in [0.29, 0.717) is 43.9 Å². The molecule has 0 saturated carbocycles. The van der Waals surface area contributed by atoms with Gasteiger partial charge < -0.3 is 4.74 Å². The van der Waals surface area contributed by atoms with Crippen molar-refractivity contribution in [3.8, 4) is 5.88 Å². The van der Waals surface area contributed by atoms with Gasteiger partial charge in [0.25, 0.3) is 0 Å². The van der Waals surface area contributed by atoms with Gasteiger partial charge in [0.1, 0.15) is 5.56 Å². The fourth-order valence-electron chi connectivity index (χ4n) is 3.04. The molecule has 5 nitrogen and oxygen atoms in total. The third-order valence-electron chi connectivity index (χ3n) is 4.63. The summed E-state index contributed by atoms with van der Waals surface area (Å²) in [6, 6.07) is 12.2. The lowest BCUT2D eigenvalue weighted by Crippen LogP contribution is -2.12. The highest BCUT2D eigenvalue weighted by Gasteiger charge is 2.25. The molecular weight excluding hydrogens is 411 g/mol. The van der Waals surface area contributed by atoms with Crippen LogP contribution in [0.2, 0.25) is 10.0 Å². The van der Waals surface area contributed by atoms with Crippen LogP contribution in [-0.4, -0.2) is 28.0 Å². The van der Waals surface area contributed by atoms with Crippen molar-refractivity contribution in [1.29, 1.82) is 0 Å². The molecule has 0 radical (unpaired) electrons. The number of hydrogen-bond acceptors (Lipinski definition) is 4. The van der Waals surface area contributed by atoms with Crippen molar-refractivity contribution in [2.24, 2.45) is 7.05 Å². The fourth-order valence-corrected chi connectivity index (χ4v) is 3.50. The fraction of sp³-hybridized carbons (Fsp3) is 0.227. The minimum atomic E-state index is -0.301. The van der Waals surface area contributed by atoms with Crippen molar-refractivity contribution in [3.63, 3.8) is 0 Å². The van der Waals surface area contributed by atoms with E-state index >= 15 is 0 Å². The zero-order valence-corrected chi connectivity index (χ0v) is 17.8. The van der Waals surface area contributed by atoms with Crippen LogP contribution < -0.4 is 4.74 Å². The van der Waals surface area contributed by atoms with Gasteiger partial charge in [-0.3, -0.25) is 9.59 Å². The van der Waals surface area contributed by atoms with E-state index in [1.165, 1.54) is 4.68 Å². The Hall–Kier alpha value is -2.63. The lowest BCUT2D eigenvalue weighted by Gasteiger charge is -2.11. The molecule has 0 aliphatic rings. The maximum absolute atomic E-state index is 13.2. The first-order valence-electron chi connectivity index (χ1n) is 9.05. The van der Waals surface area contributed by atoms with Crippen LogP contribution in [0.1, 0.15) is 44.0 Å². The summed E-state index contributed by atoms with van der Waals surface area (Å²) in [5.74, 6) is -0.0319. The number of carbonyl (C=O) groups is 2. The molecule has 29 heavy (non-hydrogen) atoms. The zero-order chi connectivity index (χ0) is 21.1. The maximum Gasteiger partial charge on any atom is 0.223 e. The number of hydrogen-bond donors (Lipinski definition) is 0. The number of ketones is 2. The highest BCUT2D eigenvalue weighted by atomic mass is 35.5. The summed E-state index contributed by atoms with van der Waals surface area (Å²) in [7, 11) is 1.69. The van der Waals surface area contributed by atoms with E-state index < -0.39 is 0 Å². The first-order valence-corrected chi connectivity index (χ1v) is 9.80. The first-order chi connectivity index (χ1) is 13.8. The van der Waals surface area contributed by atoms with E-state index in [1.54, 1.807) is 45.2 Å². The Balaban J connectivity index is 1.82. The largest absolute Gasteiger partial charge is 0.477 e. The topological polar surface area (TPSA) is 61.2 Å². The highest BCUT2D eigenvalue weighted by molar-refractivity contribution is 6.38. The number of Topliss-reactive ketones (excluding diaryl/α,β-unsaturated/α-hetero) is 1. The summed E-state index contributed by atoms with van der Waals surface area (Å²) < 4.78 is 7.30. The second-order valence-corrected chi connectivity index (χ2v) is 7.43. The van der Waals surface area contributed by atoms with Crippen LogP contribution in [0.3, 0.4) is 0 Å². The molecular formula is C22H20Cl2N2O3. The van der Waals surface area contributed by atoms with Gasteiger partial charge in [-0.25, -0.2) is 4.68 Å². The molecule has 2 aromatic carbocycles. The zero-order valence-electron chi connectivity index (χ0n) is 16.3. The van der Waals surface area contributed by atoms with Crippen molar-refractivity contribution in [1.82, 2.24) is 9.78 Å². The molecule has 0 N–H and O–H groups in total. The predicted octanol–water partition coefficient (Wildman–Crippen LogP) is 5.23. The number of halogens is 2. The van der Waals surface area contributed by atoms with Crippen LogP contribution in [0.25, 0.3) is 0 Å². The Morgan fingerprint density at radius 3 is 2.45 bits per heavy atom. The molecule has 150 valence electrons. The van der Waals surface area contributed by atoms with Gasteiger partial charge in [-0.15, -0.1) is 0 Å². The number of rotatable bonds is 7. The Morgan fingerprint density at radius 1 is 1.07 bits per heavy atom. The summed E-state index contributed by atoms with van der Waals surface area (Å²) >= 11 is 12.4. The van der Waals surface area contributed by atoms with Crippen molar-refractivity contribution >= 4 is 34.8 Å². The summed E-state index contributed by atoms with van der Waals surface area (Å²) in [5.41, 5.74) is 2.43. The van der Waals surface area contributed by atoms with Gasteiger partial charge in [-0.05, 0) is 31.5 Å². The quantitative estimate of drug-likeness (QED) is 0.481. The van der Waals surface area contributed by atoms with Crippen LogP contribution in [-0.2, 0) is 7.05 Å². The van der Waals surface area contributed by atoms with E-state index in [2.05, 4.69) is 5.10 Å². The average Bonchev–Trinajstić information content (AvgIpc) is 2.99. The first kappa shape index (κ1) is 21.1. The van der Waals surface area contributed by atoms with Gasteiger partial charge in [0.15, 0.2) is 5.78 Å². The predicted molar refractivity (Wildman–Crippen MR) is 113 cm³/mol. The molecule has 0 aliphatic carbocycles. The third-order valence-corrected chi connectivity index (χ3v) is 5.52. The lowest BCUT2D eigenvalue weighted by molar-refractivity contribution is 0.0959. The van der Waals surface area contributed by atoms with Crippen LogP contribution in [0.15, 0.2) is 42.5 Å². The van der Waals surface area contributed by atoms with E-state index in [0.717, 1.165) is 0 Å². The molecule has 0 aliphatic heterocycles. The minimum Gasteiger partial charge on any atom is -0.477 e. The van der Waals surface area contributed by atoms with Crippen molar-refractivity contribution in [2.75, 3.05) is 6.61 Å². The van der Waals surface area contributed by atoms with E-state index in [9.17, 15) is 9.59 Å². The summed E-state index contributed by atoms with van der Waals surface area (Å²) in [5, 5.41) is 5.09. The van der Waals surface area contributed by atoms with Gasteiger partial charge in [0.2, 0.25) is 11.7 Å². The van der Waals surface area contributed by atoms with E-state index in [1.807, 2.05) is 18.2 Å². The Bertz CT molecular complexity index is 1080. The molecule has 0 spiro atoms. The molecule has 3 aromatic rings. The minimum absolute atomic E-state index is 0.0336. The molecule has 7 heteroatoms. The molecule has 0 saturated heterocycles. The number of nitrogens with zero attached hydrogens (tertiary/aromatic N) is 2. The standard InChI is InChI=1S/C22H20Cl2N2O3/c1-13-17(23)10-9-16(20(13)24)21(28)19-14(2)25-26(3)22(19)29-12-11-18(27)15-7-5-4-6-8-15/h4-10H,11-12H2,1-3H3. The molecule has 0 bridgehead atoms. The van der Waals surface area contributed by atoms with E-state index in [-0.39, 0.29) is 24.6 Å². The summed E-state index contributed by atoms with van der Waals surface area (Å²) in [4.78, 5) is 25.5. The lowest BCUT2D eigenvalue weighted by atomic mass is 10.0. The van der Waals surface area contributed by atoms with Crippen molar-refractivity contribution in [2.45, 2.75) is 20.3 Å². The number of ether oxygens (including phenoxy) is 1. The molecule has 0 amide bonds. The van der Waals surface area contributed by atoms with Crippen LogP contribution in [0, 0.1) is 13.8 Å². The summed E-state index contributed by atoms with van der Waals surface area (Å²) in [6.45, 7) is 3.61. The van der Waals surface area contributed by atoms with Gasteiger partial charge in [-0.2, -0.15) is 5.10 Å². The number of benzene rings is 2. The van der Waals surface area contributed by atoms with Crippen LogP contribution in [0.4, 0.5) is 0 Å². The summed E-state index contributed by atoms with van der Waals surface area (Å²) in [6.07, 6.45) is 0.183. The normalized spacial score (nSPS) is 10.8. The Morgan fingerprint density at radius 2 is 1.76 bits per heavy atom. The maximum atomic E-state index is 13.2. The molecule has 1 aromatic heterocycles. The molecule has 1 heterocycles. The van der Waals surface area contributed by atoms with Crippen molar-refractivity contribution in [3.05, 3.63) is 80.5 Å². The van der Waals surface area contributed by atoms with Gasteiger partial charge in [0.05, 0.1) is 17.3 Å². The van der Waals surface area contributed by atoms with E-state index in [4.69, 9.17) is 27.9 Å². The number of carbonyl (C=O) groups excluding carboxylic acids is 2. The SMILES string of the molecule is Cc1nn(C)c(OCCC(=O)c2ccccc2)c1C(=O)c1ccc(Cl)c(C)c1Cl. The van der Waals surface area contributed by atoms with Gasteiger partial charge in [-0.1, -0.05) is 53.5 Å². The third kappa shape index (κ3) is 4.36. The average molecular weight is 431 g/mol. The van der Waals surface area contributed by atoms with Crippen LogP contribution >= 0.6 is 23.2 Å². The number of aromatic nitrogens is 2. The monoisotopic (exact) mass is 430 g/mol. The molecule has 0 atom stereocenters. The number of aryl methyl sites for hydroxylation is 2. The van der Waals surface area contributed by atoms with Gasteiger partial charge in [0, 0.05) is 29.6 Å². The molecule has 3 rings (SSSR count). The second-order valence-electron chi connectivity index (χ2n) is 6.64.